The molecule has 164 valence electrons. The summed E-state index contributed by atoms with van der Waals surface area (Å²) in [5.41, 5.74) is -1.68. The van der Waals surface area contributed by atoms with Crippen LogP contribution in [-0.2, 0) is 21.0 Å². The predicted molar refractivity (Wildman–Crippen MR) is 107 cm³/mol. The Morgan fingerprint density at radius 3 is 2.33 bits per heavy atom. The highest BCUT2D eigenvalue weighted by atomic mass is 35.5. The number of carbonyl (C=O) groups excluding carboxylic acids is 1. The third-order valence-corrected chi connectivity index (χ3v) is 5.20. The maximum Gasteiger partial charge on any atom is 0.416 e. The topological polar surface area (TPSA) is 84.5 Å². The van der Waals surface area contributed by atoms with Gasteiger partial charge in [0.25, 0.3) is 15.9 Å². The molecule has 0 spiro atoms. The molecule has 0 aromatic heterocycles. The highest BCUT2D eigenvalue weighted by Gasteiger charge is 2.30. The van der Waals surface area contributed by atoms with E-state index in [0.717, 1.165) is 18.2 Å². The van der Waals surface area contributed by atoms with Crippen LogP contribution in [0, 0.1) is 0 Å². The number of carbonyl (C=O) groups is 1. The first kappa shape index (κ1) is 23.8. The Kier molecular flexibility index (Phi) is 6.93. The lowest BCUT2D eigenvalue weighted by atomic mass is 10.1. The first-order chi connectivity index (χ1) is 13.7. The Hall–Kier alpha value is -2.46. The monoisotopic (exact) mass is 464 g/mol. The van der Waals surface area contributed by atoms with Crippen molar-refractivity contribution < 1.29 is 31.1 Å². The average Bonchev–Trinajstić information content (AvgIpc) is 2.58. The lowest BCUT2D eigenvalue weighted by Crippen LogP contribution is -2.43. The van der Waals surface area contributed by atoms with Crippen molar-refractivity contribution >= 4 is 33.2 Å². The third kappa shape index (κ3) is 6.81. The zero-order chi connectivity index (χ0) is 22.7. The van der Waals surface area contributed by atoms with Gasteiger partial charge in [-0.25, -0.2) is 8.42 Å². The van der Waals surface area contributed by atoms with Gasteiger partial charge < -0.3 is 10.1 Å². The number of halogens is 4. The minimum Gasteiger partial charge on any atom is -0.482 e. The number of sulfonamides is 1. The lowest BCUT2D eigenvalue weighted by Gasteiger charge is -2.20. The number of ether oxygens (including phenoxy) is 1. The molecule has 1 amide bonds. The van der Waals surface area contributed by atoms with Crippen LogP contribution in [0.3, 0.4) is 0 Å². The Morgan fingerprint density at radius 2 is 1.77 bits per heavy atom. The molecular weight excluding hydrogens is 445 g/mol. The summed E-state index contributed by atoms with van der Waals surface area (Å²) < 4.78 is 70.8. The second-order valence-electron chi connectivity index (χ2n) is 7.36. The molecule has 0 radical (unpaired) electrons. The van der Waals surface area contributed by atoms with E-state index in [4.69, 9.17) is 16.3 Å². The molecule has 0 bridgehead atoms. The summed E-state index contributed by atoms with van der Waals surface area (Å²) in [5.74, 6) is -0.305. The van der Waals surface area contributed by atoms with Crippen molar-refractivity contribution in [3.8, 4) is 5.75 Å². The Morgan fingerprint density at radius 1 is 1.10 bits per heavy atom. The van der Waals surface area contributed by atoms with Gasteiger partial charge >= 0.3 is 6.18 Å². The Balaban J connectivity index is 2.14. The van der Waals surface area contributed by atoms with E-state index >= 15 is 0 Å². The van der Waals surface area contributed by atoms with Crippen molar-refractivity contribution in [3.63, 3.8) is 0 Å². The van der Waals surface area contributed by atoms with Crippen molar-refractivity contribution in [1.29, 1.82) is 0 Å². The van der Waals surface area contributed by atoms with Crippen LogP contribution in [0.1, 0.15) is 26.3 Å². The quantitative estimate of drug-likeness (QED) is 0.661. The van der Waals surface area contributed by atoms with Gasteiger partial charge in [-0.15, -0.1) is 0 Å². The Bertz CT molecular complexity index is 1030. The fourth-order valence-corrected chi connectivity index (χ4v) is 3.71. The minimum absolute atomic E-state index is 0.0783. The summed E-state index contributed by atoms with van der Waals surface area (Å²) in [4.78, 5) is 11.5. The number of hydrogen-bond donors (Lipinski definition) is 2. The zero-order valence-electron chi connectivity index (χ0n) is 16.3. The molecule has 2 rings (SSSR count). The van der Waals surface area contributed by atoms with E-state index in [9.17, 15) is 26.4 Å². The molecule has 0 aliphatic rings. The van der Waals surface area contributed by atoms with Gasteiger partial charge in [0.1, 0.15) is 5.75 Å². The number of rotatable bonds is 6. The predicted octanol–water partition coefficient (Wildman–Crippen LogP) is 4.45. The van der Waals surface area contributed by atoms with E-state index < -0.39 is 27.3 Å². The number of hydrogen-bond acceptors (Lipinski definition) is 4. The van der Waals surface area contributed by atoms with Gasteiger partial charge in [0.05, 0.1) is 15.5 Å². The van der Waals surface area contributed by atoms with Crippen molar-refractivity contribution in [2.75, 3.05) is 11.3 Å². The third-order valence-electron chi connectivity index (χ3n) is 3.53. The maximum absolute atomic E-state index is 12.8. The molecule has 30 heavy (non-hydrogen) atoms. The maximum atomic E-state index is 12.8. The lowest BCUT2D eigenvalue weighted by molar-refractivity contribution is -0.137. The van der Waals surface area contributed by atoms with Gasteiger partial charge in [0.15, 0.2) is 6.61 Å². The van der Waals surface area contributed by atoms with Gasteiger partial charge in [-0.05, 0) is 57.2 Å². The largest absolute Gasteiger partial charge is 0.482 e. The van der Waals surface area contributed by atoms with Crippen LogP contribution in [0.5, 0.6) is 5.75 Å². The van der Waals surface area contributed by atoms with E-state index in [1.807, 2.05) is 0 Å². The van der Waals surface area contributed by atoms with Crippen LogP contribution in [0.15, 0.2) is 47.4 Å². The molecule has 2 N–H and O–H groups in total. The molecule has 2 aromatic rings. The minimum atomic E-state index is -4.61. The number of anilines is 1. The molecule has 0 fully saturated rings. The number of nitrogens with one attached hydrogen (secondary N) is 2. The second-order valence-corrected chi connectivity index (χ2v) is 9.45. The first-order valence-corrected chi connectivity index (χ1v) is 10.5. The van der Waals surface area contributed by atoms with E-state index in [2.05, 4.69) is 10.0 Å². The summed E-state index contributed by atoms with van der Waals surface area (Å²) in [6, 6.07) is 7.30. The molecule has 0 heterocycles. The molecule has 2 aromatic carbocycles. The molecule has 0 saturated carbocycles. The molecule has 0 unspecified atom stereocenters. The number of amides is 1. The highest BCUT2D eigenvalue weighted by molar-refractivity contribution is 7.92. The van der Waals surface area contributed by atoms with Crippen LogP contribution in [-0.4, -0.2) is 26.5 Å². The molecule has 0 atom stereocenters. The SMILES string of the molecule is CC(C)(C)NC(=O)COc1ccc(S(=O)(=O)Nc2cccc(C(F)(F)F)c2)cc1Cl. The van der Waals surface area contributed by atoms with Crippen molar-refractivity contribution in [2.45, 2.75) is 37.4 Å². The van der Waals surface area contributed by atoms with Crippen LogP contribution < -0.4 is 14.8 Å². The summed E-state index contributed by atoms with van der Waals surface area (Å²) in [7, 11) is -4.21. The number of alkyl halides is 3. The normalized spacial score (nSPS) is 12.4. The van der Waals surface area contributed by atoms with Crippen LogP contribution in [0.25, 0.3) is 0 Å². The summed E-state index contributed by atoms with van der Waals surface area (Å²) in [6.07, 6.45) is -4.61. The van der Waals surface area contributed by atoms with Crippen molar-refractivity contribution in [2.24, 2.45) is 0 Å². The van der Waals surface area contributed by atoms with Gasteiger partial charge in [-0.3, -0.25) is 9.52 Å². The average molecular weight is 465 g/mol. The molecule has 0 saturated heterocycles. The Labute approximate surface area is 177 Å². The summed E-state index contributed by atoms with van der Waals surface area (Å²) >= 11 is 6.04. The van der Waals surface area contributed by atoms with E-state index in [-0.39, 0.29) is 33.9 Å². The zero-order valence-corrected chi connectivity index (χ0v) is 17.9. The summed E-state index contributed by atoms with van der Waals surface area (Å²) in [6.45, 7) is 5.07. The molecular formula is C19H20ClF3N2O4S. The van der Waals surface area contributed by atoms with Crippen molar-refractivity contribution in [3.05, 3.63) is 53.1 Å². The molecule has 0 aliphatic carbocycles. The van der Waals surface area contributed by atoms with E-state index in [0.29, 0.717) is 6.07 Å². The fourth-order valence-electron chi connectivity index (χ4n) is 2.34. The standard InChI is InChI=1S/C19H20ClF3N2O4S/c1-18(2,3)24-17(26)11-29-16-8-7-14(10-15(16)20)30(27,28)25-13-6-4-5-12(9-13)19(21,22)23/h4-10,25H,11H2,1-3H3,(H,24,26). The molecule has 11 heteroatoms. The van der Waals surface area contributed by atoms with Gasteiger partial charge in [-0.1, -0.05) is 17.7 Å². The van der Waals surface area contributed by atoms with Crippen LogP contribution >= 0.6 is 11.6 Å². The fraction of sp³-hybridized carbons (Fsp3) is 0.316. The van der Waals surface area contributed by atoms with E-state index in [1.165, 1.54) is 18.2 Å². The summed E-state index contributed by atoms with van der Waals surface area (Å²) in [5, 5.41) is 2.62. The van der Waals surface area contributed by atoms with Crippen LogP contribution in [0.4, 0.5) is 18.9 Å². The first-order valence-electron chi connectivity index (χ1n) is 8.61. The van der Waals surface area contributed by atoms with Crippen molar-refractivity contribution in [1.82, 2.24) is 5.32 Å². The smallest absolute Gasteiger partial charge is 0.416 e. The van der Waals surface area contributed by atoms with E-state index in [1.54, 1.807) is 20.8 Å². The molecule has 6 nitrogen and oxygen atoms in total. The van der Waals surface area contributed by atoms with Gasteiger partial charge in [0, 0.05) is 11.2 Å². The molecule has 0 aliphatic heterocycles. The van der Waals surface area contributed by atoms with Gasteiger partial charge in [0.2, 0.25) is 0 Å². The second kappa shape index (κ2) is 8.73. The highest BCUT2D eigenvalue weighted by Crippen LogP contribution is 2.32. The van der Waals surface area contributed by atoms with Crippen LogP contribution in [0.2, 0.25) is 5.02 Å². The van der Waals surface area contributed by atoms with Gasteiger partial charge in [-0.2, -0.15) is 13.2 Å². The number of benzene rings is 2.